The van der Waals surface area contributed by atoms with Crippen LogP contribution in [0.5, 0.6) is 0 Å². The van der Waals surface area contributed by atoms with Gasteiger partial charge in [-0.15, -0.1) is 0 Å². The molecule has 6 heteroatoms. The molecular weight excluding hydrogens is 126 g/mol. The first-order chi connectivity index (χ1) is 4.18. The fraction of sp³-hybridized carbons (Fsp3) is 0.667. The molecular formula is C3H5N3O3. The van der Waals surface area contributed by atoms with Crippen molar-refractivity contribution in [1.82, 2.24) is 0 Å². The smallest absolute Gasteiger partial charge is 0.332 e. The first-order valence-corrected chi connectivity index (χ1v) is 2.10. The third-order valence-corrected chi connectivity index (χ3v) is 0.603. The molecule has 0 aromatic carbocycles. The summed E-state index contributed by atoms with van der Waals surface area (Å²) >= 11 is 0. The Balaban J connectivity index is 3.63. The summed E-state index contributed by atoms with van der Waals surface area (Å²) in [6, 6.07) is 0. The predicted molar refractivity (Wildman–Crippen MR) is 27.7 cm³/mol. The summed E-state index contributed by atoms with van der Waals surface area (Å²) in [6.07, 6.45) is -1.58. The lowest BCUT2D eigenvalue weighted by atomic mass is 10.4. The van der Waals surface area contributed by atoms with Crippen LogP contribution in [-0.2, 0) is 4.79 Å². The number of aliphatic hydroxyl groups is 1. The van der Waals surface area contributed by atoms with Crippen LogP contribution < -0.4 is 0 Å². The van der Waals surface area contributed by atoms with Gasteiger partial charge < -0.3 is 10.2 Å². The maximum Gasteiger partial charge on any atom is 0.332 e. The van der Waals surface area contributed by atoms with Crippen LogP contribution >= 0.6 is 0 Å². The van der Waals surface area contributed by atoms with Crippen LogP contribution in [-0.4, -0.2) is 28.8 Å². The first kappa shape index (κ1) is 7.74. The molecule has 0 amide bonds. The molecule has 0 saturated carbocycles. The van der Waals surface area contributed by atoms with Crippen molar-refractivity contribution in [3.8, 4) is 0 Å². The number of carboxylic acids is 1. The number of azide groups is 1. The second kappa shape index (κ2) is 3.71. The van der Waals surface area contributed by atoms with E-state index in [1.807, 2.05) is 0 Å². The molecule has 1 unspecified atom stereocenters. The van der Waals surface area contributed by atoms with Crippen LogP contribution in [0.4, 0.5) is 0 Å². The highest BCUT2D eigenvalue weighted by Gasteiger charge is 2.09. The van der Waals surface area contributed by atoms with Crippen molar-refractivity contribution in [3.05, 3.63) is 10.4 Å². The Morgan fingerprint density at radius 3 is 2.78 bits per heavy atom. The van der Waals surface area contributed by atoms with E-state index < -0.39 is 18.6 Å². The summed E-state index contributed by atoms with van der Waals surface area (Å²) in [5.74, 6) is -1.39. The number of aliphatic carboxylic acids is 1. The summed E-state index contributed by atoms with van der Waals surface area (Å²) in [4.78, 5) is 12.0. The molecule has 0 bridgehead atoms. The molecule has 0 aromatic rings. The van der Waals surface area contributed by atoms with E-state index >= 15 is 0 Å². The molecule has 0 spiro atoms. The number of carboxylic acid groups (broad SMARTS) is 1. The van der Waals surface area contributed by atoms with Crippen LogP contribution in [0.25, 0.3) is 10.4 Å². The quantitative estimate of drug-likeness (QED) is 0.313. The van der Waals surface area contributed by atoms with Crippen molar-refractivity contribution in [3.63, 3.8) is 0 Å². The first-order valence-electron chi connectivity index (χ1n) is 2.10. The molecule has 0 radical (unpaired) electrons. The average Bonchev–Trinajstić information content (AvgIpc) is 1.82. The minimum absolute atomic E-state index is 0.425. The monoisotopic (exact) mass is 131 g/mol. The number of hydrogen-bond acceptors (Lipinski definition) is 3. The lowest BCUT2D eigenvalue weighted by molar-refractivity contribution is -0.145. The van der Waals surface area contributed by atoms with Crippen LogP contribution in [0.1, 0.15) is 0 Å². The molecule has 9 heavy (non-hydrogen) atoms. The molecule has 6 nitrogen and oxygen atoms in total. The Hall–Kier alpha value is -1.26. The molecule has 0 aromatic heterocycles. The highest BCUT2D eigenvalue weighted by atomic mass is 16.4. The number of nitrogens with zero attached hydrogens (tertiary/aromatic N) is 3. The third-order valence-electron chi connectivity index (χ3n) is 0.603. The fourth-order valence-corrected chi connectivity index (χ4v) is 0.192. The third kappa shape index (κ3) is 3.33. The number of hydrogen-bond donors (Lipinski definition) is 2. The molecule has 0 fully saturated rings. The summed E-state index contributed by atoms with van der Waals surface area (Å²) in [5.41, 5.74) is 7.65. The van der Waals surface area contributed by atoms with E-state index in [1.165, 1.54) is 0 Å². The molecule has 0 heterocycles. The van der Waals surface area contributed by atoms with Gasteiger partial charge in [0.15, 0.2) is 6.10 Å². The Kier molecular flexibility index (Phi) is 3.19. The summed E-state index contributed by atoms with van der Waals surface area (Å²) < 4.78 is 0. The highest BCUT2D eigenvalue weighted by Crippen LogP contribution is 1.83. The molecule has 1 atom stereocenters. The van der Waals surface area contributed by atoms with Crippen LogP contribution in [0.15, 0.2) is 5.11 Å². The molecule has 0 aliphatic heterocycles. The second-order valence-electron chi connectivity index (χ2n) is 1.27. The summed E-state index contributed by atoms with van der Waals surface area (Å²) in [6.45, 7) is -0.425. The van der Waals surface area contributed by atoms with Gasteiger partial charge in [0.2, 0.25) is 0 Å². The SMILES string of the molecule is [N-]=[N+]=NCC(O)C(=O)O. The Bertz CT molecular complexity index is 150. The predicted octanol–water partition coefficient (Wildman–Crippen LogP) is -0.258. The van der Waals surface area contributed by atoms with Crippen molar-refractivity contribution in [2.75, 3.05) is 6.54 Å². The van der Waals surface area contributed by atoms with Gasteiger partial charge in [-0.25, -0.2) is 4.79 Å². The van der Waals surface area contributed by atoms with Gasteiger partial charge in [-0.1, -0.05) is 5.11 Å². The van der Waals surface area contributed by atoms with Crippen molar-refractivity contribution >= 4 is 5.97 Å². The number of rotatable bonds is 3. The zero-order valence-corrected chi connectivity index (χ0v) is 4.43. The maximum absolute atomic E-state index is 9.77. The highest BCUT2D eigenvalue weighted by molar-refractivity contribution is 5.72. The Labute approximate surface area is 50.4 Å². The second-order valence-corrected chi connectivity index (χ2v) is 1.27. The molecule has 0 rings (SSSR count). The molecule has 0 aliphatic rings. The van der Waals surface area contributed by atoms with Gasteiger partial charge in [0.05, 0.1) is 6.54 Å². The molecule has 0 aliphatic carbocycles. The van der Waals surface area contributed by atoms with Crippen molar-refractivity contribution in [2.24, 2.45) is 5.11 Å². The van der Waals surface area contributed by atoms with E-state index in [-0.39, 0.29) is 0 Å². The van der Waals surface area contributed by atoms with E-state index in [9.17, 15) is 4.79 Å². The normalized spacial score (nSPS) is 11.7. The van der Waals surface area contributed by atoms with E-state index in [0.717, 1.165) is 0 Å². The van der Waals surface area contributed by atoms with Gasteiger partial charge >= 0.3 is 5.97 Å². The van der Waals surface area contributed by atoms with E-state index in [1.54, 1.807) is 0 Å². The maximum atomic E-state index is 9.77. The average molecular weight is 131 g/mol. The van der Waals surface area contributed by atoms with Crippen molar-refractivity contribution in [1.29, 1.82) is 0 Å². The molecule has 50 valence electrons. The van der Waals surface area contributed by atoms with Gasteiger partial charge in [-0.2, -0.15) is 0 Å². The number of carbonyl (C=O) groups is 1. The zero-order chi connectivity index (χ0) is 7.28. The Morgan fingerprint density at radius 2 is 2.44 bits per heavy atom. The van der Waals surface area contributed by atoms with E-state index in [2.05, 4.69) is 10.0 Å². The fourth-order valence-electron chi connectivity index (χ4n) is 0.192. The standard InChI is InChI=1S/C3H5N3O3/c4-6-5-1-2(7)3(8)9/h2,7H,1H2,(H,8,9). The lowest BCUT2D eigenvalue weighted by Crippen LogP contribution is -2.22. The summed E-state index contributed by atoms with van der Waals surface area (Å²) in [5, 5.41) is 19.2. The zero-order valence-electron chi connectivity index (χ0n) is 4.43. The minimum atomic E-state index is -1.58. The van der Waals surface area contributed by atoms with Gasteiger partial charge in [0, 0.05) is 4.91 Å². The van der Waals surface area contributed by atoms with Crippen molar-refractivity contribution in [2.45, 2.75) is 6.10 Å². The number of aliphatic hydroxyl groups excluding tert-OH is 1. The Morgan fingerprint density at radius 1 is 1.89 bits per heavy atom. The topological polar surface area (TPSA) is 106 Å². The van der Waals surface area contributed by atoms with Gasteiger partial charge in [-0.3, -0.25) is 0 Å². The largest absolute Gasteiger partial charge is 0.479 e. The van der Waals surface area contributed by atoms with Gasteiger partial charge in [-0.05, 0) is 5.53 Å². The van der Waals surface area contributed by atoms with Crippen LogP contribution in [0.3, 0.4) is 0 Å². The molecule has 0 saturated heterocycles. The van der Waals surface area contributed by atoms with Gasteiger partial charge in [0.1, 0.15) is 0 Å². The summed E-state index contributed by atoms with van der Waals surface area (Å²) in [7, 11) is 0. The minimum Gasteiger partial charge on any atom is -0.479 e. The van der Waals surface area contributed by atoms with E-state index in [4.69, 9.17) is 15.7 Å². The van der Waals surface area contributed by atoms with E-state index in [0.29, 0.717) is 0 Å². The lowest BCUT2D eigenvalue weighted by Gasteiger charge is -1.96. The van der Waals surface area contributed by atoms with Crippen LogP contribution in [0, 0.1) is 0 Å². The molecule has 2 N–H and O–H groups in total. The van der Waals surface area contributed by atoms with Gasteiger partial charge in [0.25, 0.3) is 0 Å². The van der Waals surface area contributed by atoms with Crippen molar-refractivity contribution < 1.29 is 15.0 Å². The van der Waals surface area contributed by atoms with Crippen LogP contribution in [0.2, 0.25) is 0 Å².